The van der Waals surface area contributed by atoms with E-state index in [9.17, 15) is 4.39 Å². The molecule has 3 N–H and O–H groups in total. The molecule has 0 bridgehead atoms. The molecule has 21 heavy (non-hydrogen) atoms. The lowest BCUT2D eigenvalue weighted by atomic mass is 9.97. The first-order chi connectivity index (χ1) is 10.1. The van der Waals surface area contributed by atoms with Gasteiger partial charge in [-0.05, 0) is 43.2 Å². The molecule has 106 valence electrons. The highest BCUT2D eigenvalue weighted by Gasteiger charge is 2.16. The van der Waals surface area contributed by atoms with Gasteiger partial charge in [0.1, 0.15) is 5.82 Å². The third kappa shape index (κ3) is 2.40. The maximum absolute atomic E-state index is 13.3. The Hall–Kier alpha value is -2.62. The Morgan fingerprint density at radius 3 is 2.43 bits per heavy atom. The largest absolute Gasteiger partial charge is 0.382 e. The molecule has 4 heteroatoms. The number of hydrogen-bond donors (Lipinski definition) is 2. The van der Waals surface area contributed by atoms with Crippen LogP contribution in [0.15, 0.2) is 42.5 Å². The predicted molar refractivity (Wildman–Crippen MR) is 83.3 cm³/mol. The SMILES string of the molecule is Cc1ccc(-c2c(N)n[nH]c2-c2ccc(F)cc2C)cc1. The number of aromatic amines is 1. The molecule has 0 spiro atoms. The van der Waals surface area contributed by atoms with E-state index in [2.05, 4.69) is 10.2 Å². The van der Waals surface area contributed by atoms with Gasteiger partial charge in [-0.15, -0.1) is 0 Å². The molecule has 0 amide bonds. The van der Waals surface area contributed by atoms with Gasteiger partial charge in [0.15, 0.2) is 5.82 Å². The minimum Gasteiger partial charge on any atom is -0.382 e. The average Bonchev–Trinajstić information content (AvgIpc) is 2.82. The summed E-state index contributed by atoms with van der Waals surface area (Å²) >= 11 is 0. The molecule has 1 heterocycles. The number of nitrogens with zero attached hydrogens (tertiary/aromatic N) is 1. The van der Waals surface area contributed by atoms with Crippen molar-refractivity contribution in [3.05, 3.63) is 59.4 Å². The Bertz CT molecular complexity index is 788. The van der Waals surface area contributed by atoms with Gasteiger partial charge in [0.2, 0.25) is 0 Å². The Morgan fingerprint density at radius 1 is 1.05 bits per heavy atom. The lowest BCUT2D eigenvalue weighted by molar-refractivity contribution is 0.627. The first-order valence-electron chi connectivity index (χ1n) is 6.73. The predicted octanol–water partition coefficient (Wildman–Crippen LogP) is 4.08. The van der Waals surface area contributed by atoms with Crippen LogP contribution >= 0.6 is 0 Å². The highest BCUT2D eigenvalue weighted by atomic mass is 19.1. The standard InChI is InChI=1S/C17H16FN3/c1-10-3-5-12(6-4-10)15-16(20-21-17(15)19)14-8-7-13(18)9-11(14)2/h3-9H,1-2H3,(H3,19,20,21). The number of H-pyrrole nitrogens is 1. The van der Waals surface area contributed by atoms with Gasteiger partial charge >= 0.3 is 0 Å². The van der Waals surface area contributed by atoms with Crippen LogP contribution in [0.1, 0.15) is 11.1 Å². The van der Waals surface area contributed by atoms with Crippen LogP contribution < -0.4 is 5.73 Å². The normalized spacial score (nSPS) is 10.8. The van der Waals surface area contributed by atoms with Gasteiger partial charge in [-0.3, -0.25) is 5.10 Å². The zero-order valence-electron chi connectivity index (χ0n) is 11.9. The molecular weight excluding hydrogens is 265 g/mol. The number of aromatic nitrogens is 2. The van der Waals surface area contributed by atoms with Crippen molar-refractivity contribution in [1.82, 2.24) is 10.2 Å². The second kappa shape index (κ2) is 5.05. The number of anilines is 1. The minimum atomic E-state index is -0.249. The first kappa shape index (κ1) is 13.4. The van der Waals surface area contributed by atoms with Crippen LogP contribution in [0, 0.1) is 19.7 Å². The van der Waals surface area contributed by atoms with Crippen molar-refractivity contribution in [2.45, 2.75) is 13.8 Å². The first-order valence-corrected chi connectivity index (χ1v) is 6.73. The molecule has 0 radical (unpaired) electrons. The maximum Gasteiger partial charge on any atom is 0.153 e. The van der Waals surface area contributed by atoms with E-state index in [1.54, 1.807) is 6.07 Å². The summed E-state index contributed by atoms with van der Waals surface area (Å²) in [6, 6.07) is 12.8. The topological polar surface area (TPSA) is 54.7 Å². The van der Waals surface area contributed by atoms with Crippen LogP contribution in [-0.2, 0) is 0 Å². The van der Waals surface area contributed by atoms with E-state index >= 15 is 0 Å². The van der Waals surface area contributed by atoms with Gasteiger partial charge in [-0.1, -0.05) is 29.8 Å². The summed E-state index contributed by atoms with van der Waals surface area (Å²) in [6.07, 6.45) is 0. The number of hydrogen-bond acceptors (Lipinski definition) is 2. The Morgan fingerprint density at radius 2 is 1.76 bits per heavy atom. The summed E-state index contributed by atoms with van der Waals surface area (Å²) in [4.78, 5) is 0. The van der Waals surface area contributed by atoms with E-state index < -0.39 is 0 Å². The number of nitrogens with two attached hydrogens (primary N) is 1. The minimum absolute atomic E-state index is 0.249. The number of benzene rings is 2. The smallest absolute Gasteiger partial charge is 0.153 e. The van der Waals surface area contributed by atoms with Crippen molar-refractivity contribution in [1.29, 1.82) is 0 Å². The quantitative estimate of drug-likeness (QED) is 0.743. The van der Waals surface area contributed by atoms with Crippen molar-refractivity contribution in [2.75, 3.05) is 5.73 Å². The van der Waals surface area contributed by atoms with Gasteiger partial charge in [-0.25, -0.2) is 4.39 Å². The molecule has 0 fully saturated rings. The molecule has 2 aromatic carbocycles. The highest BCUT2D eigenvalue weighted by molar-refractivity contribution is 5.88. The Labute approximate surface area is 122 Å². The molecular formula is C17H16FN3. The molecule has 0 aliphatic rings. The second-order valence-corrected chi connectivity index (χ2v) is 5.18. The van der Waals surface area contributed by atoms with E-state index in [-0.39, 0.29) is 5.82 Å². The maximum atomic E-state index is 13.3. The molecule has 0 saturated heterocycles. The van der Waals surface area contributed by atoms with Gasteiger partial charge < -0.3 is 5.73 Å². The summed E-state index contributed by atoms with van der Waals surface area (Å²) in [5.41, 5.74) is 11.6. The van der Waals surface area contributed by atoms with Crippen LogP contribution in [0.2, 0.25) is 0 Å². The molecule has 0 unspecified atom stereocenters. The van der Waals surface area contributed by atoms with E-state index in [0.29, 0.717) is 5.82 Å². The van der Waals surface area contributed by atoms with Crippen molar-refractivity contribution < 1.29 is 4.39 Å². The molecule has 0 aliphatic carbocycles. The van der Waals surface area contributed by atoms with Crippen LogP contribution in [0.25, 0.3) is 22.4 Å². The number of rotatable bonds is 2. The Balaban J connectivity index is 2.19. The summed E-state index contributed by atoms with van der Waals surface area (Å²) in [6.45, 7) is 3.90. The Kier molecular flexibility index (Phi) is 3.22. The number of nitrogens with one attached hydrogen (secondary N) is 1. The van der Waals surface area contributed by atoms with Crippen LogP contribution in [-0.4, -0.2) is 10.2 Å². The summed E-state index contributed by atoms with van der Waals surface area (Å²) in [7, 11) is 0. The van der Waals surface area contributed by atoms with Crippen molar-refractivity contribution >= 4 is 5.82 Å². The second-order valence-electron chi connectivity index (χ2n) is 5.18. The van der Waals surface area contributed by atoms with E-state index in [4.69, 9.17) is 5.73 Å². The number of aryl methyl sites for hydroxylation is 2. The van der Waals surface area contributed by atoms with E-state index in [1.165, 1.54) is 17.7 Å². The van der Waals surface area contributed by atoms with Crippen molar-refractivity contribution in [3.8, 4) is 22.4 Å². The average molecular weight is 281 g/mol. The van der Waals surface area contributed by atoms with Gasteiger partial charge in [0.25, 0.3) is 0 Å². The summed E-state index contributed by atoms with van der Waals surface area (Å²) in [5, 5.41) is 7.08. The van der Waals surface area contributed by atoms with Crippen LogP contribution in [0.3, 0.4) is 0 Å². The van der Waals surface area contributed by atoms with Gasteiger partial charge in [-0.2, -0.15) is 5.10 Å². The number of nitrogen functional groups attached to an aromatic ring is 1. The third-order valence-electron chi connectivity index (χ3n) is 3.59. The zero-order chi connectivity index (χ0) is 15.0. The van der Waals surface area contributed by atoms with Crippen molar-refractivity contribution in [2.24, 2.45) is 0 Å². The highest BCUT2D eigenvalue weighted by Crippen LogP contribution is 2.36. The monoisotopic (exact) mass is 281 g/mol. The molecule has 3 aromatic rings. The summed E-state index contributed by atoms with van der Waals surface area (Å²) < 4.78 is 13.3. The van der Waals surface area contributed by atoms with Crippen LogP contribution in [0.4, 0.5) is 10.2 Å². The molecule has 1 aromatic heterocycles. The molecule has 0 atom stereocenters. The molecule has 0 saturated carbocycles. The van der Waals surface area contributed by atoms with Gasteiger partial charge in [0, 0.05) is 5.56 Å². The van der Waals surface area contributed by atoms with E-state index in [1.807, 2.05) is 38.1 Å². The zero-order valence-corrected chi connectivity index (χ0v) is 11.9. The lowest BCUT2D eigenvalue weighted by Crippen LogP contribution is -1.90. The molecule has 3 nitrogen and oxygen atoms in total. The lowest BCUT2D eigenvalue weighted by Gasteiger charge is -2.08. The number of halogens is 1. The van der Waals surface area contributed by atoms with Crippen LogP contribution in [0.5, 0.6) is 0 Å². The molecule has 0 aliphatic heterocycles. The van der Waals surface area contributed by atoms with E-state index in [0.717, 1.165) is 27.9 Å². The summed E-state index contributed by atoms with van der Waals surface area (Å²) in [5.74, 6) is 0.193. The van der Waals surface area contributed by atoms with Gasteiger partial charge in [0.05, 0.1) is 11.3 Å². The van der Waals surface area contributed by atoms with Crippen molar-refractivity contribution in [3.63, 3.8) is 0 Å². The fourth-order valence-electron chi connectivity index (χ4n) is 2.47. The fraction of sp³-hybridized carbons (Fsp3) is 0.118. The fourth-order valence-corrected chi connectivity index (χ4v) is 2.47. The third-order valence-corrected chi connectivity index (χ3v) is 3.59. The molecule has 3 rings (SSSR count).